The lowest BCUT2D eigenvalue weighted by atomic mass is 10.1. The van der Waals surface area contributed by atoms with Crippen LogP contribution in [0.2, 0.25) is 0 Å². The molecule has 7 rings (SSSR count). The number of amides is 1. The van der Waals surface area contributed by atoms with Crippen molar-refractivity contribution in [3.05, 3.63) is 54.4 Å². The first-order valence-electron chi connectivity index (χ1n) is 12.8. The van der Waals surface area contributed by atoms with Gasteiger partial charge in [-0.2, -0.15) is 4.98 Å². The van der Waals surface area contributed by atoms with Crippen molar-refractivity contribution in [1.82, 2.24) is 29.7 Å². The van der Waals surface area contributed by atoms with E-state index in [9.17, 15) is 4.79 Å². The summed E-state index contributed by atoms with van der Waals surface area (Å²) >= 11 is 1.58. The van der Waals surface area contributed by atoms with Crippen LogP contribution in [0.3, 0.4) is 0 Å². The van der Waals surface area contributed by atoms with Crippen molar-refractivity contribution in [3.63, 3.8) is 0 Å². The monoisotopic (exact) mass is 512 g/mol. The molecule has 3 aliphatic rings. The van der Waals surface area contributed by atoms with Gasteiger partial charge in [-0.05, 0) is 44.5 Å². The number of hydrogen-bond acceptors (Lipinski definition) is 9. The number of aromatic nitrogens is 4. The second-order valence-electron chi connectivity index (χ2n) is 10.1. The van der Waals surface area contributed by atoms with Crippen LogP contribution in [0.25, 0.3) is 20.8 Å². The third-order valence-electron chi connectivity index (χ3n) is 7.70. The molecule has 1 aromatic carbocycles. The van der Waals surface area contributed by atoms with E-state index in [1.165, 1.54) is 6.42 Å². The minimum Gasteiger partial charge on any atom is -0.339 e. The molecule has 0 radical (unpaired) electrons. The highest BCUT2D eigenvalue weighted by molar-refractivity contribution is 7.21. The highest BCUT2D eigenvalue weighted by Gasteiger charge is 2.42. The number of thiazole rings is 1. The predicted octanol–water partition coefficient (Wildman–Crippen LogP) is 4.02. The summed E-state index contributed by atoms with van der Waals surface area (Å²) < 4.78 is 0.998. The van der Waals surface area contributed by atoms with Crippen molar-refractivity contribution < 1.29 is 4.79 Å². The molecule has 0 spiro atoms. The molecule has 0 saturated carbocycles. The zero-order chi connectivity index (χ0) is 24.9. The second-order valence-corrected chi connectivity index (χ2v) is 11.2. The number of likely N-dealkylation sites (tertiary alicyclic amines) is 2. The lowest BCUT2D eigenvalue weighted by Gasteiger charge is -2.31. The minimum atomic E-state index is 0.103. The number of nitrogens with zero attached hydrogens (tertiary/aromatic N) is 7. The first kappa shape index (κ1) is 22.6. The Morgan fingerprint density at radius 2 is 1.92 bits per heavy atom. The number of piperazine rings is 1. The zero-order valence-electron chi connectivity index (χ0n) is 20.7. The minimum absolute atomic E-state index is 0.103. The van der Waals surface area contributed by atoms with Crippen LogP contribution >= 0.6 is 11.3 Å². The number of fused-ring (bicyclic) bond motifs is 3. The fraction of sp³-hybridized carbons (Fsp3) is 0.370. The van der Waals surface area contributed by atoms with E-state index in [0.717, 1.165) is 77.1 Å². The second kappa shape index (κ2) is 9.04. The normalized spacial score (nSPS) is 21.3. The molecule has 37 heavy (non-hydrogen) atoms. The predicted molar refractivity (Wildman–Crippen MR) is 145 cm³/mol. The Morgan fingerprint density at radius 3 is 2.73 bits per heavy atom. The van der Waals surface area contributed by atoms with E-state index in [0.29, 0.717) is 17.9 Å². The SMILES string of the molecule is CN1C[C@@H]2C[C@H]1CN2c1nccc(Nc2cc3nc(-c4cccc(C(=O)N5CCCC5)c4)sc3cn2)n1. The van der Waals surface area contributed by atoms with Crippen molar-refractivity contribution >= 4 is 45.0 Å². The van der Waals surface area contributed by atoms with Gasteiger partial charge in [-0.3, -0.25) is 9.69 Å². The number of carbonyl (C=O) groups is 1. The fourth-order valence-corrected chi connectivity index (χ4v) is 6.62. The van der Waals surface area contributed by atoms with Crippen LogP contribution in [0.4, 0.5) is 17.6 Å². The van der Waals surface area contributed by atoms with Crippen molar-refractivity contribution in [1.29, 1.82) is 0 Å². The average molecular weight is 513 g/mol. The molecule has 1 N–H and O–H groups in total. The number of pyridine rings is 1. The average Bonchev–Trinajstić information content (AvgIpc) is 3.72. The first-order valence-corrected chi connectivity index (χ1v) is 13.7. The smallest absolute Gasteiger partial charge is 0.253 e. The van der Waals surface area contributed by atoms with Crippen molar-refractivity contribution in [2.24, 2.45) is 0 Å². The molecule has 6 heterocycles. The number of rotatable bonds is 5. The summed E-state index contributed by atoms with van der Waals surface area (Å²) in [6.45, 7) is 3.72. The molecule has 0 unspecified atom stereocenters. The van der Waals surface area contributed by atoms with E-state index < -0.39 is 0 Å². The number of anilines is 3. The Morgan fingerprint density at radius 1 is 1.03 bits per heavy atom. The number of carbonyl (C=O) groups excluding carboxylic acids is 1. The molecule has 2 bridgehead atoms. The molecule has 10 heteroatoms. The number of hydrogen-bond donors (Lipinski definition) is 1. The van der Waals surface area contributed by atoms with Gasteiger partial charge in [-0.1, -0.05) is 12.1 Å². The summed E-state index contributed by atoms with van der Waals surface area (Å²) in [5.41, 5.74) is 2.53. The van der Waals surface area contributed by atoms with Gasteiger partial charge in [-0.15, -0.1) is 11.3 Å². The van der Waals surface area contributed by atoms with E-state index in [4.69, 9.17) is 9.97 Å². The summed E-state index contributed by atoms with van der Waals surface area (Å²) in [6.07, 6.45) is 6.99. The van der Waals surface area contributed by atoms with E-state index in [-0.39, 0.29) is 5.91 Å². The molecule has 9 nitrogen and oxygen atoms in total. The van der Waals surface area contributed by atoms with E-state index >= 15 is 0 Å². The Balaban J connectivity index is 1.11. The molecule has 3 aromatic heterocycles. The fourth-order valence-electron chi connectivity index (χ4n) is 5.71. The van der Waals surface area contributed by atoms with Gasteiger partial charge >= 0.3 is 0 Å². The van der Waals surface area contributed by atoms with E-state index in [1.807, 2.05) is 47.5 Å². The molecule has 3 saturated heterocycles. The van der Waals surface area contributed by atoms with Crippen LogP contribution in [0.15, 0.2) is 48.8 Å². The molecule has 3 aliphatic heterocycles. The maximum Gasteiger partial charge on any atom is 0.253 e. The summed E-state index contributed by atoms with van der Waals surface area (Å²) in [5.74, 6) is 2.28. The van der Waals surface area contributed by atoms with Crippen LogP contribution in [0.1, 0.15) is 29.6 Å². The van der Waals surface area contributed by atoms with E-state index in [2.05, 4.69) is 32.1 Å². The maximum absolute atomic E-state index is 12.9. The van der Waals surface area contributed by atoms with Gasteiger partial charge < -0.3 is 15.1 Å². The molecule has 2 atom stereocenters. The van der Waals surface area contributed by atoms with Gasteiger partial charge in [0.05, 0.1) is 10.2 Å². The van der Waals surface area contributed by atoms with Crippen LogP contribution in [-0.4, -0.2) is 81.0 Å². The summed E-state index contributed by atoms with van der Waals surface area (Å²) in [7, 11) is 2.19. The lowest BCUT2D eigenvalue weighted by molar-refractivity contribution is 0.0793. The van der Waals surface area contributed by atoms with Gasteiger partial charge in [-0.25, -0.2) is 15.0 Å². The Kier molecular flexibility index (Phi) is 5.51. The van der Waals surface area contributed by atoms with Gasteiger partial charge in [0.1, 0.15) is 16.6 Å². The summed E-state index contributed by atoms with van der Waals surface area (Å²) in [5, 5.41) is 4.21. The van der Waals surface area contributed by atoms with Crippen LogP contribution < -0.4 is 10.2 Å². The number of benzene rings is 1. The van der Waals surface area contributed by atoms with Gasteiger partial charge in [0, 0.05) is 67.8 Å². The molecule has 0 aliphatic carbocycles. The van der Waals surface area contributed by atoms with E-state index in [1.54, 1.807) is 17.5 Å². The Hall–Kier alpha value is -3.63. The lowest BCUT2D eigenvalue weighted by Crippen LogP contribution is -2.45. The molecule has 3 fully saturated rings. The summed E-state index contributed by atoms with van der Waals surface area (Å²) in [4.78, 5) is 38.3. The largest absolute Gasteiger partial charge is 0.339 e. The van der Waals surface area contributed by atoms with Crippen molar-refractivity contribution in [2.75, 3.05) is 43.4 Å². The molecular weight excluding hydrogens is 484 g/mol. The van der Waals surface area contributed by atoms with Gasteiger partial charge in [0.25, 0.3) is 5.91 Å². The van der Waals surface area contributed by atoms with Gasteiger partial charge in [0.2, 0.25) is 5.95 Å². The van der Waals surface area contributed by atoms with Crippen molar-refractivity contribution in [3.8, 4) is 10.6 Å². The van der Waals surface area contributed by atoms with Gasteiger partial charge in [0.15, 0.2) is 0 Å². The highest BCUT2D eigenvalue weighted by Crippen LogP contribution is 2.34. The Labute approximate surface area is 219 Å². The van der Waals surface area contributed by atoms with Crippen LogP contribution in [0, 0.1) is 0 Å². The standard InChI is InChI=1S/C27H28N8OS/c1-33-15-20-12-19(33)16-35(20)27-28-8-7-23(32-27)31-24-13-21-22(14-29-24)37-25(30-21)17-5-4-6-18(11-17)26(36)34-9-2-3-10-34/h4-8,11,13-14,19-20H,2-3,9-10,12,15-16H2,1H3,(H,28,29,31,32)/t19-,20-/m0/s1. The third kappa shape index (κ3) is 4.19. The summed E-state index contributed by atoms with van der Waals surface area (Å²) in [6, 6.07) is 12.7. The first-order chi connectivity index (χ1) is 18.1. The number of nitrogens with one attached hydrogen (secondary N) is 1. The molecule has 4 aromatic rings. The Bertz CT molecular complexity index is 1480. The van der Waals surface area contributed by atoms with Crippen LogP contribution in [-0.2, 0) is 0 Å². The topological polar surface area (TPSA) is 90.4 Å². The maximum atomic E-state index is 12.9. The third-order valence-corrected chi connectivity index (χ3v) is 8.75. The molecule has 188 valence electrons. The zero-order valence-corrected chi connectivity index (χ0v) is 21.5. The van der Waals surface area contributed by atoms with Crippen molar-refractivity contribution in [2.45, 2.75) is 31.3 Å². The quantitative estimate of drug-likeness (QED) is 0.429. The number of likely N-dealkylation sites (N-methyl/N-ethyl adjacent to an activating group) is 1. The molecular formula is C27H28N8OS. The van der Waals surface area contributed by atoms with Crippen LogP contribution in [0.5, 0.6) is 0 Å². The molecule has 1 amide bonds. The highest BCUT2D eigenvalue weighted by atomic mass is 32.1.